The van der Waals surface area contributed by atoms with Crippen LogP contribution in [0.4, 0.5) is 0 Å². The van der Waals surface area contributed by atoms with E-state index < -0.39 is 0 Å². The van der Waals surface area contributed by atoms with Gasteiger partial charge in [-0.15, -0.1) is 0 Å². The maximum atomic E-state index is 6.70. The fourth-order valence-corrected chi connectivity index (χ4v) is 8.12. The Labute approximate surface area is 281 Å². The van der Waals surface area contributed by atoms with Crippen molar-refractivity contribution in [3.05, 3.63) is 170 Å². The molecule has 0 aliphatic carbocycles. The quantitative estimate of drug-likeness (QED) is 0.192. The minimum Gasteiger partial charge on any atom is -0.455 e. The van der Waals surface area contributed by atoms with E-state index in [4.69, 9.17) is 4.42 Å². The molecule has 0 atom stereocenters. The summed E-state index contributed by atoms with van der Waals surface area (Å²) in [6.07, 6.45) is 0. The summed E-state index contributed by atoms with van der Waals surface area (Å²) < 4.78 is 11.6. The highest BCUT2D eigenvalue weighted by Crippen LogP contribution is 2.45. The molecule has 0 radical (unpaired) electrons. The van der Waals surface area contributed by atoms with E-state index in [1.54, 1.807) is 0 Å². The number of furan rings is 1. The molecular formula is C46H28N2O. The van der Waals surface area contributed by atoms with E-state index in [1.165, 1.54) is 54.6 Å². The molecule has 49 heavy (non-hydrogen) atoms. The van der Waals surface area contributed by atoms with Gasteiger partial charge in [-0.2, -0.15) is 0 Å². The summed E-state index contributed by atoms with van der Waals surface area (Å²) in [5, 5.41) is 9.52. The second kappa shape index (κ2) is 9.96. The predicted octanol–water partition coefficient (Wildman–Crippen LogP) is 12.6. The molecular weight excluding hydrogens is 597 g/mol. The van der Waals surface area contributed by atoms with Gasteiger partial charge >= 0.3 is 0 Å². The third-order valence-electron chi connectivity index (χ3n) is 10.3. The molecule has 0 N–H and O–H groups in total. The van der Waals surface area contributed by atoms with Crippen LogP contribution in [-0.2, 0) is 0 Å². The number of fused-ring (bicyclic) bond motifs is 12. The van der Waals surface area contributed by atoms with E-state index in [0.29, 0.717) is 0 Å². The lowest BCUT2D eigenvalue weighted by Gasteiger charge is -2.11. The lowest BCUT2D eigenvalue weighted by atomic mass is 10.1. The molecule has 0 bridgehead atoms. The van der Waals surface area contributed by atoms with Crippen molar-refractivity contribution in [2.45, 2.75) is 0 Å². The standard InChI is InChI=1S/C46H28N2O/c1-2-10-29(11-3-1)31-18-21-33(22-19-31)48-41-26-24-36-35-14-7-9-17-42(35)49-46(36)44(41)38-25-27-40-43(45(38)48)37-15-6-8-16-39(37)47(40)34-23-20-30-12-4-5-13-32(30)28-34/h1-28H. The lowest BCUT2D eigenvalue weighted by molar-refractivity contribution is 0.673. The van der Waals surface area contributed by atoms with Crippen molar-refractivity contribution < 1.29 is 4.42 Å². The molecule has 3 aromatic heterocycles. The number of para-hydroxylation sites is 2. The summed E-state index contributed by atoms with van der Waals surface area (Å²) in [5.74, 6) is 0. The number of hydrogen-bond acceptors (Lipinski definition) is 1. The van der Waals surface area contributed by atoms with Crippen LogP contribution in [-0.4, -0.2) is 9.13 Å². The fourth-order valence-electron chi connectivity index (χ4n) is 8.12. The topological polar surface area (TPSA) is 23.0 Å². The average molecular weight is 625 g/mol. The Hall–Kier alpha value is -6.58. The zero-order valence-electron chi connectivity index (χ0n) is 26.5. The summed E-state index contributed by atoms with van der Waals surface area (Å²) in [6.45, 7) is 0. The molecule has 8 aromatic carbocycles. The number of hydrogen-bond donors (Lipinski definition) is 0. The van der Waals surface area contributed by atoms with Crippen LogP contribution < -0.4 is 0 Å². The van der Waals surface area contributed by atoms with E-state index in [1.807, 2.05) is 6.07 Å². The molecule has 11 aromatic rings. The summed E-state index contributed by atoms with van der Waals surface area (Å²) in [4.78, 5) is 0. The van der Waals surface area contributed by atoms with Crippen molar-refractivity contribution in [2.75, 3.05) is 0 Å². The number of rotatable bonds is 3. The molecule has 0 amide bonds. The first-order chi connectivity index (χ1) is 24.3. The Morgan fingerprint density at radius 1 is 0.367 bits per heavy atom. The average Bonchev–Trinajstić information content (AvgIpc) is 3.82. The highest BCUT2D eigenvalue weighted by atomic mass is 16.3. The van der Waals surface area contributed by atoms with Crippen LogP contribution >= 0.6 is 0 Å². The summed E-state index contributed by atoms with van der Waals surface area (Å²) in [5.41, 5.74) is 11.2. The van der Waals surface area contributed by atoms with E-state index in [-0.39, 0.29) is 0 Å². The van der Waals surface area contributed by atoms with E-state index in [0.717, 1.165) is 44.2 Å². The highest BCUT2D eigenvalue weighted by Gasteiger charge is 2.23. The normalized spacial score (nSPS) is 12.1. The maximum Gasteiger partial charge on any atom is 0.145 e. The van der Waals surface area contributed by atoms with Gasteiger partial charge < -0.3 is 13.6 Å². The van der Waals surface area contributed by atoms with Crippen molar-refractivity contribution in [1.29, 1.82) is 0 Å². The first kappa shape index (κ1) is 26.5. The van der Waals surface area contributed by atoms with Crippen molar-refractivity contribution in [3.8, 4) is 22.5 Å². The smallest absolute Gasteiger partial charge is 0.145 e. The third-order valence-corrected chi connectivity index (χ3v) is 10.3. The molecule has 0 aliphatic heterocycles. The highest BCUT2D eigenvalue weighted by molar-refractivity contribution is 6.31. The van der Waals surface area contributed by atoms with Gasteiger partial charge in [0.05, 0.1) is 27.5 Å². The first-order valence-electron chi connectivity index (χ1n) is 16.8. The fraction of sp³-hybridized carbons (Fsp3) is 0. The SMILES string of the molecule is c1ccc(-c2ccc(-n3c4ccc5c6ccccc6oc5c4c4ccc5c(c6ccccc6n5-c5ccc6ccccc6c5)c43)cc2)cc1. The van der Waals surface area contributed by atoms with Crippen molar-refractivity contribution in [3.63, 3.8) is 0 Å². The summed E-state index contributed by atoms with van der Waals surface area (Å²) in [7, 11) is 0. The van der Waals surface area contributed by atoms with Crippen LogP contribution in [0, 0.1) is 0 Å². The van der Waals surface area contributed by atoms with Gasteiger partial charge in [-0.3, -0.25) is 0 Å². The lowest BCUT2D eigenvalue weighted by Crippen LogP contribution is -1.95. The number of benzene rings is 8. The number of aromatic nitrogens is 2. The minimum absolute atomic E-state index is 0.909. The Morgan fingerprint density at radius 3 is 1.88 bits per heavy atom. The zero-order valence-corrected chi connectivity index (χ0v) is 26.5. The van der Waals surface area contributed by atoms with Crippen LogP contribution in [0.3, 0.4) is 0 Å². The van der Waals surface area contributed by atoms with Gasteiger partial charge in [0.1, 0.15) is 11.2 Å². The van der Waals surface area contributed by atoms with Crippen molar-refractivity contribution in [2.24, 2.45) is 0 Å². The largest absolute Gasteiger partial charge is 0.455 e. The van der Waals surface area contributed by atoms with E-state index >= 15 is 0 Å². The van der Waals surface area contributed by atoms with Crippen LogP contribution in [0.5, 0.6) is 0 Å². The number of nitrogens with zero attached hydrogens (tertiary/aromatic N) is 2. The van der Waals surface area contributed by atoms with Gasteiger partial charge in [-0.25, -0.2) is 0 Å². The second-order valence-electron chi connectivity index (χ2n) is 12.9. The molecule has 11 rings (SSSR count). The van der Waals surface area contributed by atoms with Gasteiger partial charge in [0.2, 0.25) is 0 Å². The van der Waals surface area contributed by atoms with Crippen LogP contribution in [0.25, 0.3) is 98.8 Å². The van der Waals surface area contributed by atoms with Crippen molar-refractivity contribution in [1.82, 2.24) is 9.13 Å². The Morgan fingerprint density at radius 2 is 1.02 bits per heavy atom. The predicted molar refractivity (Wildman–Crippen MR) is 205 cm³/mol. The van der Waals surface area contributed by atoms with Gasteiger partial charge in [0.25, 0.3) is 0 Å². The summed E-state index contributed by atoms with van der Waals surface area (Å²) in [6, 6.07) is 61.2. The molecule has 0 unspecified atom stereocenters. The molecule has 0 saturated carbocycles. The van der Waals surface area contributed by atoms with E-state index in [9.17, 15) is 0 Å². The Kier molecular flexibility index (Phi) is 5.38. The van der Waals surface area contributed by atoms with Crippen LogP contribution in [0.2, 0.25) is 0 Å². The Bertz CT molecular complexity index is 3090. The first-order valence-corrected chi connectivity index (χ1v) is 16.8. The molecule has 0 saturated heterocycles. The molecule has 0 fully saturated rings. The molecule has 3 nitrogen and oxygen atoms in total. The molecule has 0 aliphatic rings. The zero-order chi connectivity index (χ0) is 32.1. The third kappa shape index (κ3) is 3.73. The minimum atomic E-state index is 0.909. The van der Waals surface area contributed by atoms with Gasteiger partial charge in [0.15, 0.2) is 0 Å². The second-order valence-corrected chi connectivity index (χ2v) is 12.9. The van der Waals surface area contributed by atoms with Gasteiger partial charge in [0, 0.05) is 38.3 Å². The molecule has 228 valence electrons. The van der Waals surface area contributed by atoms with E-state index in [2.05, 4.69) is 173 Å². The monoisotopic (exact) mass is 624 g/mol. The van der Waals surface area contributed by atoms with Gasteiger partial charge in [-0.1, -0.05) is 109 Å². The van der Waals surface area contributed by atoms with Gasteiger partial charge in [-0.05, 0) is 82.6 Å². The molecule has 0 spiro atoms. The Balaban J connectivity index is 1.30. The molecule has 3 heteroatoms. The maximum absolute atomic E-state index is 6.70. The summed E-state index contributed by atoms with van der Waals surface area (Å²) >= 11 is 0. The van der Waals surface area contributed by atoms with Crippen LogP contribution in [0.15, 0.2) is 174 Å². The molecule has 3 heterocycles. The van der Waals surface area contributed by atoms with Crippen molar-refractivity contribution >= 4 is 76.3 Å². The van der Waals surface area contributed by atoms with Crippen LogP contribution in [0.1, 0.15) is 0 Å².